The summed E-state index contributed by atoms with van der Waals surface area (Å²) in [5, 5.41) is 0. The Hall–Kier alpha value is -1.99. The molecule has 1 heterocycles. The van der Waals surface area contributed by atoms with Crippen molar-refractivity contribution in [3.05, 3.63) is 71.8 Å². The highest BCUT2D eigenvalue weighted by molar-refractivity contribution is 7.89. The summed E-state index contributed by atoms with van der Waals surface area (Å²) < 4.78 is 33.5. The van der Waals surface area contributed by atoms with Gasteiger partial charge in [0.15, 0.2) is 0 Å². The molecule has 0 amide bonds. The van der Waals surface area contributed by atoms with Crippen molar-refractivity contribution in [2.45, 2.75) is 11.8 Å². The third-order valence-electron chi connectivity index (χ3n) is 4.79. The van der Waals surface area contributed by atoms with E-state index in [1.807, 2.05) is 49.4 Å². The van der Waals surface area contributed by atoms with Gasteiger partial charge in [-0.3, -0.25) is 4.90 Å². The fraction of sp³-hybridized carbons (Fsp3) is 0.364. The molecule has 28 heavy (non-hydrogen) atoms. The summed E-state index contributed by atoms with van der Waals surface area (Å²) in [4.78, 5) is 2.59. The maximum atomic E-state index is 13.2. The number of sulfonamides is 1. The fourth-order valence-corrected chi connectivity index (χ4v) is 4.76. The molecule has 2 aromatic carbocycles. The third kappa shape index (κ3) is 5.75. The molecule has 0 bridgehead atoms. The Morgan fingerprint density at radius 1 is 1.04 bits per heavy atom. The number of nitrogens with zero attached hydrogens (tertiary/aromatic N) is 2. The summed E-state index contributed by atoms with van der Waals surface area (Å²) in [7, 11) is -3.55. The number of benzene rings is 2. The van der Waals surface area contributed by atoms with Crippen LogP contribution in [-0.4, -0.2) is 63.6 Å². The van der Waals surface area contributed by atoms with Gasteiger partial charge in [0, 0.05) is 32.7 Å². The Labute approximate surface area is 168 Å². The lowest BCUT2D eigenvalue weighted by Crippen LogP contribution is -2.43. The van der Waals surface area contributed by atoms with Crippen molar-refractivity contribution in [2.24, 2.45) is 0 Å². The van der Waals surface area contributed by atoms with Crippen molar-refractivity contribution in [3.63, 3.8) is 0 Å². The summed E-state index contributed by atoms with van der Waals surface area (Å²) in [6.45, 7) is 6.61. The van der Waals surface area contributed by atoms with E-state index in [0.29, 0.717) is 37.7 Å². The number of hydrogen-bond acceptors (Lipinski definition) is 4. The van der Waals surface area contributed by atoms with Crippen molar-refractivity contribution in [2.75, 3.05) is 45.9 Å². The maximum absolute atomic E-state index is 13.2. The highest BCUT2D eigenvalue weighted by Crippen LogP contribution is 2.18. The molecular weight excluding hydrogens is 372 g/mol. The molecule has 1 fully saturated rings. The predicted molar refractivity (Wildman–Crippen MR) is 113 cm³/mol. The van der Waals surface area contributed by atoms with E-state index in [-0.39, 0.29) is 0 Å². The summed E-state index contributed by atoms with van der Waals surface area (Å²) in [6.07, 6.45) is 2.04. The van der Waals surface area contributed by atoms with Gasteiger partial charge >= 0.3 is 0 Å². The van der Waals surface area contributed by atoms with Gasteiger partial charge in [0.2, 0.25) is 10.0 Å². The largest absolute Gasteiger partial charge is 0.379 e. The molecule has 2 aromatic rings. The van der Waals surface area contributed by atoms with Crippen molar-refractivity contribution in [1.29, 1.82) is 0 Å². The van der Waals surface area contributed by atoms with E-state index >= 15 is 0 Å². The van der Waals surface area contributed by atoms with Crippen LogP contribution in [0.2, 0.25) is 0 Å². The van der Waals surface area contributed by atoms with Gasteiger partial charge in [0.25, 0.3) is 0 Å². The van der Waals surface area contributed by atoms with Gasteiger partial charge in [-0.1, -0.05) is 60.2 Å². The van der Waals surface area contributed by atoms with Crippen molar-refractivity contribution >= 4 is 16.1 Å². The molecule has 1 saturated heterocycles. The number of morpholine rings is 1. The van der Waals surface area contributed by atoms with Crippen LogP contribution in [0.15, 0.2) is 71.1 Å². The highest BCUT2D eigenvalue weighted by Gasteiger charge is 2.25. The zero-order valence-corrected chi connectivity index (χ0v) is 17.1. The van der Waals surface area contributed by atoms with E-state index in [9.17, 15) is 8.42 Å². The monoisotopic (exact) mass is 400 g/mol. The first kappa shape index (κ1) is 20.7. The SMILES string of the molecule is C/C(=C\c1ccccc1)CN(CCN1CCOCC1)S(=O)(=O)c1ccccc1. The molecular formula is C22H28N2O3S. The first-order valence-corrected chi connectivity index (χ1v) is 11.1. The smallest absolute Gasteiger partial charge is 0.243 e. The minimum Gasteiger partial charge on any atom is -0.379 e. The van der Waals surface area contributed by atoms with Crippen LogP contribution in [0.4, 0.5) is 0 Å². The average Bonchev–Trinajstić information content (AvgIpc) is 2.73. The molecule has 0 radical (unpaired) electrons. The molecule has 0 unspecified atom stereocenters. The second kappa shape index (κ2) is 9.98. The second-order valence-electron chi connectivity index (χ2n) is 7.01. The number of hydrogen-bond donors (Lipinski definition) is 0. The Morgan fingerprint density at radius 2 is 1.64 bits per heavy atom. The van der Waals surface area contributed by atoms with Crippen LogP contribution in [0.1, 0.15) is 12.5 Å². The van der Waals surface area contributed by atoms with Crippen molar-refractivity contribution in [1.82, 2.24) is 9.21 Å². The van der Waals surface area contributed by atoms with Crippen LogP contribution in [-0.2, 0) is 14.8 Å². The quantitative estimate of drug-likeness (QED) is 0.683. The van der Waals surface area contributed by atoms with Gasteiger partial charge in [-0.25, -0.2) is 8.42 Å². The lowest BCUT2D eigenvalue weighted by molar-refractivity contribution is 0.0365. The Morgan fingerprint density at radius 3 is 2.29 bits per heavy atom. The molecule has 0 saturated carbocycles. The van der Waals surface area contributed by atoms with E-state index in [1.165, 1.54) is 0 Å². The molecule has 0 aromatic heterocycles. The van der Waals surface area contributed by atoms with E-state index < -0.39 is 10.0 Å². The molecule has 1 aliphatic rings. The van der Waals surface area contributed by atoms with E-state index in [2.05, 4.69) is 4.90 Å². The Bertz CT molecular complexity index is 861. The molecule has 3 rings (SSSR count). The van der Waals surface area contributed by atoms with Crippen LogP contribution in [0, 0.1) is 0 Å². The van der Waals surface area contributed by atoms with E-state index in [0.717, 1.165) is 24.2 Å². The fourth-order valence-electron chi connectivity index (χ4n) is 3.26. The van der Waals surface area contributed by atoms with Crippen LogP contribution in [0.25, 0.3) is 6.08 Å². The van der Waals surface area contributed by atoms with Crippen LogP contribution in [0.5, 0.6) is 0 Å². The Balaban J connectivity index is 1.78. The molecule has 0 atom stereocenters. The van der Waals surface area contributed by atoms with Crippen LogP contribution < -0.4 is 0 Å². The summed E-state index contributed by atoms with van der Waals surface area (Å²) in [5.41, 5.74) is 2.08. The summed E-state index contributed by atoms with van der Waals surface area (Å²) in [6, 6.07) is 18.7. The van der Waals surface area contributed by atoms with Gasteiger partial charge < -0.3 is 4.74 Å². The van der Waals surface area contributed by atoms with Gasteiger partial charge in [-0.15, -0.1) is 0 Å². The standard InChI is InChI=1S/C22H28N2O3S/c1-20(18-21-8-4-2-5-9-21)19-24(13-12-23-14-16-27-17-15-23)28(25,26)22-10-6-3-7-11-22/h2-11,18H,12-17,19H2,1H3/b20-18+. The Kier molecular flexibility index (Phi) is 7.39. The summed E-state index contributed by atoms with van der Waals surface area (Å²) in [5.74, 6) is 0. The molecule has 1 aliphatic heterocycles. The van der Waals surface area contributed by atoms with Gasteiger partial charge in [0.1, 0.15) is 0 Å². The average molecular weight is 401 g/mol. The zero-order chi connectivity index (χ0) is 19.8. The minimum atomic E-state index is -3.55. The molecule has 0 aliphatic carbocycles. The number of ether oxygens (including phenoxy) is 1. The predicted octanol–water partition coefficient (Wildman–Crippen LogP) is 3.11. The van der Waals surface area contributed by atoms with Crippen molar-refractivity contribution in [3.8, 4) is 0 Å². The summed E-state index contributed by atoms with van der Waals surface area (Å²) >= 11 is 0. The van der Waals surface area contributed by atoms with Crippen LogP contribution >= 0.6 is 0 Å². The molecule has 150 valence electrons. The van der Waals surface area contributed by atoms with Gasteiger partial charge in [-0.05, 0) is 24.6 Å². The third-order valence-corrected chi connectivity index (χ3v) is 6.65. The van der Waals surface area contributed by atoms with Gasteiger partial charge in [-0.2, -0.15) is 4.31 Å². The normalized spacial score (nSPS) is 16.4. The van der Waals surface area contributed by atoms with E-state index in [4.69, 9.17) is 4.74 Å². The second-order valence-corrected chi connectivity index (χ2v) is 8.94. The molecule has 6 heteroatoms. The van der Waals surface area contributed by atoms with E-state index in [1.54, 1.807) is 28.6 Å². The molecule has 0 spiro atoms. The topological polar surface area (TPSA) is 49.9 Å². The van der Waals surface area contributed by atoms with Crippen molar-refractivity contribution < 1.29 is 13.2 Å². The maximum Gasteiger partial charge on any atom is 0.243 e. The van der Waals surface area contributed by atoms with Crippen LogP contribution in [0.3, 0.4) is 0 Å². The highest BCUT2D eigenvalue weighted by atomic mass is 32.2. The minimum absolute atomic E-state index is 0.337. The first-order chi connectivity index (χ1) is 13.6. The number of rotatable bonds is 8. The molecule has 0 N–H and O–H groups in total. The van der Waals surface area contributed by atoms with Gasteiger partial charge in [0.05, 0.1) is 18.1 Å². The zero-order valence-electron chi connectivity index (χ0n) is 16.3. The first-order valence-electron chi connectivity index (χ1n) is 9.63. The lowest BCUT2D eigenvalue weighted by atomic mass is 10.1. The lowest BCUT2D eigenvalue weighted by Gasteiger charge is -2.30. The molecule has 5 nitrogen and oxygen atoms in total.